The van der Waals surface area contributed by atoms with E-state index in [0.29, 0.717) is 19.5 Å². The molecule has 6 heteroatoms. The van der Waals surface area contributed by atoms with Crippen LogP contribution in [0.25, 0.3) is 0 Å². The lowest BCUT2D eigenvalue weighted by molar-refractivity contribution is -0.131. The molecule has 0 aliphatic heterocycles. The van der Waals surface area contributed by atoms with Crippen LogP contribution in [-0.2, 0) is 4.79 Å². The Bertz CT molecular complexity index is 280. The highest BCUT2D eigenvalue weighted by Crippen LogP contribution is 2.23. The number of nitrogens with zero attached hydrogens (tertiary/aromatic N) is 1. The molecule has 2 amide bonds. The van der Waals surface area contributed by atoms with E-state index in [1.165, 1.54) is 6.42 Å². The largest absolute Gasteiger partial charge is 0.465 e. The molecule has 0 radical (unpaired) electrons. The van der Waals surface area contributed by atoms with Crippen molar-refractivity contribution in [3.63, 3.8) is 0 Å². The average Bonchev–Trinajstić information content (AvgIpc) is 2.38. The van der Waals surface area contributed by atoms with Crippen molar-refractivity contribution in [2.75, 3.05) is 19.0 Å². The lowest BCUT2D eigenvalue weighted by Crippen LogP contribution is -2.43. The van der Waals surface area contributed by atoms with Crippen molar-refractivity contribution in [3.05, 3.63) is 0 Å². The summed E-state index contributed by atoms with van der Waals surface area (Å²) < 4.78 is 0. The SMILES string of the molecule is O=C(O)NCCCN(C(=O)CCl)C1CCCCC1. The van der Waals surface area contributed by atoms with Gasteiger partial charge in [0.05, 0.1) is 0 Å². The predicted octanol–water partition coefficient (Wildman–Crippen LogP) is 2.04. The second-order valence-electron chi connectivity index (χ2n) is 4.60. The van der Waals surface area contributed by atoms with E-state index >= 15 is 0 Å². The maximum atomic E-state index is 11.8. The highest BCUT2D eigenvalue weighted by Gasteiger charge is 2.24. The van der Waals surface area contributed by atoms with Crippen LogP contribution in [0, 0.1) is 0 Å². The molecule has 0 saturated heterocycles. The minimum absolute atomic E-state index is 0.00284. The van der Waals surface area contributed by atoms with Gasteiger partial charge in [0.1, 0.15) is 5.88 Å². The molecule has 0 heterocycles. The molecule has 18 heavy (non-hydrogen) atoms. The molecule has 1 aliphatic rings. The Kier molecular flexibility index (Phi) is 6.86. The molecule has 104 valence electrons. The van der Waals surface area contributed by atoms with Crippen molar-refractivity contribution < 1.29 is 14.7 Å². The highest BCUT2D eigenvalue weighted by molar-refractivity contribution is 6.27. The van der Waals surface area contributed by atoms with Crippen molar-refractivity contribution in [2.24, 2.45) is 0 Å². The highest BCUT2D eigenvalue weighted by atomic mass is 35.5. The third-order valence-corrected chi connectivity index (χ3v) is 3.53. The van der Waals surface area contributed by atoms with E-state index in [4.69, 9.17) is 16.7 Å². The van der Waals surface area contributed by atoms with Crippen LogP contribution < -0.4 is 5.32 Å². The van der Waals surface area contributed by atoms with Crippen LogP contribution in [0.3, 0.4) is 0 Å². The maximum absolute atomic E-state index is 11.8. The van der Waals surface area contributed by atoms with Gasteiger partial charge in [0.25, 0.3) is 0 Å². The van der Waals surface area contributed by atoms with Crippen LogP contribution in [0.5, 0.6) is 0 Å². The second-order valence-corrected chi connectivity index (χ2v) is 4.87. The van der Waals surface area contributed by atoms with Crippen LogP contribution in [0.2, 0.25) is 0 Å². The summed E-state index contributed by atoms with van der Waals surface area (Å²) in [6.07, 6.45) is 5.23. The Labute approximate surface area is 112 Å². The summed E-state index contributed by atoms with van der Waals surface area (Å²) >= 11 is 5.63. The van der Waals surface area contributed by atoms with E-state index in [2.05, 4.69) is 5.32 Å². The Morgan fingerprint density at radius 1 is 1.28 bits per heavy atom. The molecule has 0 spiro atoms. The molecule has 2 N–H and O–H groups in total. The Morgan fingerprint density at radius 3 is 2.50 bits per heavy atom. The summed E-state index contributed by atoms with van der Waals surface area (Å²) in [4.78, 5) is 23.9. The topological polar surface area (TPSA) is 69.6 Å². The monoisotopic (exact) mass is 276 g/mol. The lowest BCUT2D eigenvalue weighted by Gasteiger charge is -2.34. The number of rotatable bonds is 6. The Morgan fingerprint density at radius 2 is 1.94 bits per heavy atom. The molecule has 1 fully saturated rings. The summed E-state index contributed by atoms with van der Waals surface area (Å²) in [5, 5.41) is 10.8. The molecule has 1 rings (SSSR count). The number of halogens is 1. The van der Waals surface area contributed by atoms with Gasteiger partial charge in [0.2, 0.25) is 5.91 Å². The number of amides is 2. The van der Waals surface area contributed by atoms with Gasteiger partial charge >= 0.3 is 6.09 Å². The van der Waals surface area contributed by atoms with E-state index in [1.807, 2.05) is 4.90 Å². The van der Waals surface area contributed by atoms with E-state index in [-0.39, 0.29) is 17.8 Å². The lowest BCUT2D eigenvalue weighted by atomic mass is 9.94. The van der Waals surface area contributed by atoms with Gasteiger partial charge < -0.3 is 15.3 Å². The molecule has 0 atom stereocenters. The minimum atomic E-state index is -1.03. The van der Waals surface area contributed by atoms with Crippen molar-refractivity contribution >= 4 is 23.6 Å². The third-order valence-electron chi connectivity index (χ3n) is 3.30. The van der Waals surface area contributed by atoms with Gasteiger partial charge in [0.15, 0.2) is 0 Å². The first-order valence-corrected chi connectivity index (χ1v) is 7.01. The summed E-state index contributed by atoms with van der Waals surface area (Å²) in [5.41, 5.74) is 0. The molecule has 5 nitrogen and oxygen atoms in total. The first-order chi connectivity index (χ1) is 8.65. The van der Waals surface area contributed by atoms with Crippen LogP contribution in [0.15, 0.2) is 0 Å². The molecule has 0 aromatic carbocycles. The normalized spacial score (nSPS) is 16.3. The molecular formula is C12H21ClN2O3. The van der Waals surface area contributed by atoms with Crippen LogP contribution in [-0.4, -0.2) is 47.0 Å². The molecule has 1 saturated carbocycles. The number of carboxylic acid groups (broad SMARTS) is 1. The van der Waals surface area contributed by atoms with Gasteiger partial charge in [-0.25, -0.2) is 4.79 Å². The van der Waals surface area contributed by atoms with E-state index < -0.39 is 6.09 Å². The molecule has 1 aliphatic carbocycles. The summed E-state index contributed by atoms with van der Waals surface area (Å²) in [5.74, 6) is -0.0399. The molecule has 0 aromatic heterocycles. The predicted molar refractivity (Wildman–Crippen MR) is 70.0 cm³/mol. The van der Waals surface area contributed by atoms with Gasteiger partial charge in [-0.1, -0.05) is 19.3 Å². The van der Waals surface area contributed by atoms with Crippen LogP contribution >= 0.6 is 11.6 Å². The van der Waals surface area contributed by atoms with E-state index in [9.17, 15) is 9.59 Å². The van der Waals surface area contributed by atoms with Crippen molar-refractivity contribution in [2.45, 2.75) is 44.6 Å². The van der Waals surface area contributed by atoms with Gasteiger partial charge in [-0.15, -0.1) is 11.6 Å². The summed E-state index contributed by atoms with van der Waals surface area (Å²) in [7, 11) is 0. The number of nitrogens with one attached hydrogen (secondary N) is 1. The number of carbonyl (C=O) groups is 2. The smallest absolute Gasteiger partial charge is 0.404 e. The van der Waals surface area contributed by atoms with E-state index in [0.717, 1.165) is 25.7 Å². The zero-order valence-electron chi connectivity index (χ0n) is 10.5. The van der Waals surface area contributed by atoms with Crippen LogP contribution in [0.4, 0.5) is 4.79 Å². The van der Waals surface area contributed by atoms with Gasteiger partial charge in [-0.3, -0.25) is 4.79 Å². The fraction of sp³-hybridized carbons (Fsp3) is 0.833. The second kappa shape index (κ2) is 8.19. The average molecular weight is 277 g/mol. The quantitative estimate of drug-likeness (QED) is 0.576. The number of alkyl halides is 1. The van der Waals surface area contributed by atoms with Gasteiger partial charge in [-0.2, -0.15) is 0 Å². The fourth-order valence-corrected chi connectivity index (χ4v) is 2.58. The number of hydrogen-bond donors (Lipinski definition) is 2. The number of carbonyl (C=O) groups excluding carboxylic acids is 1. The molecule has 0 aromatic rings. The zero-order chi connectivity index (χ0) is 13.4. The first-order valence-electron chi connectivity index (χ1n) is 6.47. The Hall–Kier alpha value is -0.970. The van der Waals surface area contributed by atoms with Gasteiger partial charge in [-0.05, 0) is 19.3 Å². The Balaban J connectivity index is 2.39. The zero-order valence-corrected chi connectivity index (χ0v) is 11.3. The van der Waals surface area contributed by atoms with Gasteiger partial charge in [0, 0.05) is 19.1 Å². The maximum Gasteiger partial charge on any atom is 0.404 e. The summed E-state index contributed by atoms with van der Waals surface area (Å²) in [6.45, 7) is 0.949. The first kappa shape index (κ1) is 15.1. The molecule has 0 bridgehead atoms. The van der Waals surface area contributed by atoms with Crippen molar-refractivity contribution in [1.82, 2.24) is 10.2 Å². The minimum Gasteiger partial charge on any atom is -0.465 e. The fourth-order valence-electron chi connectivity index (χ4n) is 2.43. The van der Waals surface area contributed by atoms with Crippen molar-refractivity contribution in [3.8, 4) is 0 Å². The molecule has 0 unspecified atom stereocenters. The third kappa shape index (κ3) is 5.12. The van der Waals surface area contributed by atoms with E-state index in [1.54, 1.807) is 0 Å². The van der Waals surface area contributed by atoms with Crippen molar-refractivity contribution in [1.29, 1.82) is 0 Å². The summed E-state index contributed by atoms with van der Waals surface area (Å²) in [6, 6.07) is 0.287. The molecular weight excluding hydrogens is 256 g/mol. The standard InChI is InChI=1S/C12H21ClN2O3/c13-9-11(16)15(8-4-7-14-12(17)18)10-5-2-1-3-6-10/h10,14H,1-9H2,(H,17,18). The van der Waals surface area contributed by atoms with Crippen LogP contribution in [0.1, 0.15) is 38.5 Å². The number of hydrogen-bond acceptors (Lipinski definition) is 2.